The Morgan fingerprint density at radius 1 is 0.394 bits per heavy atom. The van der Waals surface area contributed by atoms with E-state index in [1.807, 2.05) is 86.6 Å². The summed E-state index contributed by atoms with van der Waals surface area (Å²) < 4.78 is 127. The zero-order chi connectivity index (χ0) is 104. The van der Waals surface area contributed by atoms with E-state index in [1.54, 1.807) is 61.3 Å². The Kier molecular flexibility index (Phi) is 51.4. The molecule has 4 fully saturated rings. The molecular weight excluding hydrogens is 1900 g/mol. The number of carboxylic acids is 1. The van der Waals surface area contributed by atoms with E-state index < -0.39 is 51.3 Å². The van der Waals surface area contributed by atoms with Crippen LogP contribution < -0.4 is 33.3 Å². The number of morpholine rings is 4. The number of rotatable bonds is 42. The molecule has 142 heavy (non-hydrogen) atoms. The highest BCUT2D eigenvalue weighted by molar-refractivity contribution is 7.62. The molecule has 0 saturated carbocycles. The SMILES string of the molecule is C.CCP(C)(C)=O.COc1c(C)c2c(c(O)c1C/C=C(\C)CCC(=O)O)C(=O)OC2.COc1c(C)c2c(c(O)c1C/C=C(\C)CCC(=O)OCCN1CCOCC1)C(=O)OC2.COc1c(C)c2c(c(OCP(C)(C)=O)c1C/C=C(\C)CCC(=O)OCCN1CCOCC1)C(=O)OC2.COc1c(C)c2c(c(OCP(C)(C)=O)c1C/C=C(\C)CCC(=O)OCC[NH+]1CCOCC1)C(=O)OC2.OCCN1CCOCC1. The Morgan fingerprint density at radius 2 is 0.669 bits per heavy atom. The van der Waals surface area contributed by atoms with Crippen LogP contribution in [-0.2, 0) is 137 Å². The topological polar surface area (TPSA) is 440 Å². The van der Waals surface area contributed by atoms with Gasteiger partial charge in [-0.2, -0.15) is 0 Å². The zero-order valence-corrected chi connectivity index (χ0v) is 88.8. The van der Waals surface area contributed by atoms with Gasteiger partial charge in [-0.05, 0) is 175 Å². The lowest BCUT2D eigenvalue weighted by molar-refractivity contribution is -0.908. The quantitative estimate of drug-likeness (QED) is 0.0119. The number of methoxy groups -OCH3 is 4. The Morgan fingerprint density at radius 3 is 0.965 bits per heavy atom. The van der Waals surface area contributed by atoms with Crippen molar-refractivity contribution < 1.29 is 158 Å². The molecule has 0 aromatic heterocycles. The first-order chi connectivity index (χ1) is 67.0. The highest BCUT2D eigenvalue weighted by Crippen LogP contribution is 2.49. The number of nitrogens with zero attached hydrogens (tertiary/aromatic N) is 3. The van der Waals surface area contributed by atoms with Crippen molar-refractivity contribution in [1.29, 1.82) is 0 Å². The van der Waals surface area contributed by atoms with Crippen molar-refractivity contribution in [2.75, 3.05) is 245 Å². The fourth-order valence-corrected chi connectivity index (χ4v) is 17.1. The molecule has 39 heteroatoms. The van der Waals surface area contributed by atoms with E-state index in [-0.39, 0.29) is 107 Å². The molecular formula is C103H156N4O32P3+. The number of ether oxygens (including phenoxy) is 17. The van der Waals surface area contributed by atoms with Crippen LogP contribution in [0, 0.1) is 27.7 Å². The first-order valence-corrected chi connectivity index (χ1v) is 56.4. The number of hydrogen-bond acceptors (Lipinski definition) is 34. The highest BCUT2D eigenvalue weighted by Gasteiger charge is 2.38. The van der Waals surface area contributed by atoms with Gasteiger partial charge < -0.3 is 120 Å². The van der Waals surface area contributed by atoms with E-state index in [1.165, 1.54) is 12.0 Å². The van der Waals surface area contributed by atoms with Crippen molar-refractivity contribution in [1.82, 2.24) is 14.7 Å². The van der Waals surface area contributed by atoms with Gasteiger partial charge in [0.15, 0.2) is 0 Å². The summed E-state index contributed by atoms with van der Waals surface area (Å²) >= 11 is 0. The van der Waals surface area contributed by atoms with E-state index >= 15 is 0 Å². The molecule has 0 atom stereocenters. The van der Waals surface area contributed by atoms with Crippen LogP contribution in [0.2, 0.25) is 0 Å². The third-order valence-corrected chi connectivity index (χ3v) is 27.9. The summed E-state index contributed by atoms with van der Waals surface area (Å²) in [5.74, 6) is -0.604. The maximum absolute atomic E-state index is 12.5. The van der Waals surface area contributed by atoms with E-state index in [0.29, 0.717) is 163 Å². The lowest BCUT2D eigenvalue weighted by atomic mass is 9.94. The van der Waals surface area contributed by atoms with Gasteiger partial charge in [-0.3, -0.25) is 33.9 Å². The molecule has 0 spiro atoms. The number of cyclic esters (lactones) is 4. The Balaban J connectivity index is 0.000000277. The van der Waals surface area contributed by atoms with Gasteiger partial charge in [-0.15, -0.1) is 0 Å². The highest BCUT2D eigenvalue weighted by atomic mass is 31.2. The van der Waals surface area contributed by atoms with Crippen LogP contribution in [0.4, 0.5) is 0 Å². The summed E-state index contributed by atoms with van der Waals surface area (Å²) in [5.41, 5.74) is 13.6. The summed E-state index contributed by atoms with van der Waals surface area (Å²) in [5, 5.41) is 38.3. The van der Waals surface area contributed by atoms with E-state index in [9.17, 15) is 62.3 Å². The van der Waals surface area contributed by atoms with Gasteiger partial charge >= 0.3 is 47.8 Å². The number of nitrogens with one attached hydrogen (secondary N) is 1. The molecule has 0 aliphatic carbocycles. The molecule has 4 aromatic rings. The molecule has 0 radical (unpaired) electrons. The molecule has 5 N–H and O–H groups in total. The number of carbonyl (C=O) groups excluding carboxylic acids is 7. The second-order valence-electron chi connectivity index (χ2n) is 37.0. The molecule has 0 unspecified atom stereocenters. The number of aliphatic hydroxyl groups excluding tert-OH is 1. The summed E-state index contributed by atoms with van der Waals surface area (Å²) in [6, 6.07) is 0. The van der Waals surface area contributed by atoms with Gasteiger partial charge in [-0.25, -0.2) is 19.2 Å². The maximum Gasteiger partial charge on any atom is 0.342 e. The van der Waals surface area contributed by atoms with Crippen LogP contribution in [0.5, 0.6) is 46.0 Å². The van der Waals surface area contributed by atoms with Crippen molar-refractivity contribution in [2.45, 2.75) is 173 Å². The number of aliphatic hydroxyl groups is 1. The van der Waals surface area contributed by atoms with E-state index in [2.05, 4.69) is 14.7 Å². The monoisotopic (exact) mass is 2050 g/mol. The molecule has 794 valence electrons. The predicted octanol–water partition coefficient (Wildman–Crippen LogP) is 13.0. The van der Waals surface area contributed by atoms with Crippen molar-refractivity contribution in [2.24, 2.45) is 0 Å². The van der Waals surface area contributed by atoms with Crippen LogP contribution in [-0.4, -0.2) is 328 Å². The van der Waals surface area contributed by atoms with Gasteiger partial charge in [-0.1, -0.05) is 60.9 Å². The number of carbonyl (C=O) groups is 8. The van der Waals surface area contributed by atoms with Crippen molar-refractivity contribution in [3.8, 4) is 46.0 Å². The van der Waals surface area contributed by atoms with Gasteiger partial charge in [0.05, 0.1) is 95.0 Å². The van der Waals surface area contributed by atoms with E-state index in [4.69, 9.17) is 90.7 Å². The fourth-order valence-electron chi connectivity index (χ4n) is 16.2. The average molecular weight is 2060 g/mol. The Hall–Kier alpha value is -9.67. The second-order valence-corrected chi connectivity index (χ2v) is 47.6. The number of aliphatic carboxylic acids is 1. The van der Waals surface area contributed by atoms with Gasteiger partial charge in [0.1, 0.15) is 161 Å². The standard InChI is InChI=1S/2C26H38NO8P.C23H31NO7.C17H20O6.C6H13NO2.C4H11OP.CH4/c2*1-18(7-9-22(28)33-15-12-27-10-13-32-14-11-27)6-8-20-24(31-3)19(2)21-16-34-26(29)23(21)25(20)35-17-36(4,5)30;1-15(5-7-19(25)30-13-10-24-8-11-29-12-9-24)4-6-17-21(26)20-18(14-31-23(20)27)16(2)22(17)28-3;1-9(5-7-13(18)19)4-6-11-15(20)14-12(8-23-17(14)21)10(2)16(11)22-3;8-4-1-7-2-5-9-6-3-7;1-4-6(2,3)5;/h2*6H,7-17H2,1-5H3;4,26H,5-14H2,1-3H3;4,20H,5-8H2,1-3H3,(H,18,19);8H,1-6H2;4H2,1-3H3;1H4/p+1/b2*18-6+;15-4+;9-4+;;;. The fraction of sp³-hybridized carbons (Fsp3) is 0.612. The number of allylic oxidation sites excluding steroid dienone is 8. The molecule has 36 nitrogen and oxygen atoms in total. The zero-order valence-electron chi connectivity index (χ0n) is 86.1. The summed E-state index contributed by atoms with van der Waals surface area (Å²) in [6.45, 7) is 45.7. The molecule has 8 aliphatic rings. The largest absolute Gasteiger partial charge is 0.507 e. The number of quaternary nitrogens is 1. The van der Waals surface area contributed by atoms with Gasteiger partial charge in [0, 0.05) is 129 Å². The number of fused-ring (bicyclic) bond motifs is 4. The molecule has 4 aromatic carbocycles. The summed E-state index contributed by atoms with van der Waals surface area (Å²) in [4.78, 5) is 104. The number of carboxylic acid groups (broad SMARTS) is 1. The smallest absolute Gasteiger partial charge is 0.342 e. The Bertz CT molecular complexity index is 5040. The lowest BCUT2D eigenvalue weighted by Crippen LogP contribution is -3.14. The third kappa shape index (κ3) is 38.4. The number of phenols is 2. The Labute approximate surface area is 837 Å². The third-order valence-electron chi connectivity index (χ3n) is 24.9. The number of aromatic hydroxyl groups is 2. The lowest BCUT2D eigenvalue weighted by Gasteiger charge is -2.26. The number of benzene rings is 4. The van der Waals surface area contributed by atoms with Crippen LogP contribution >= 0.6 is 21.4 Å². The first kappa shape index (κ1) is 121. The minimum Gasteiger partial charge on any atom is -0.507 e. The number of phenolic OH excluding ortho intramolecular Hbond substituents is 2. The normalized spacial score (nSPS) is 16.1. The molecule has 8 aliphatic heterocycles. The molecule has 4 saturated heterocycles. The number of esters is 7. The van der Waals surface area contributed by atoms with Crippen molar-refractivity contribution >= 4 is 69.2 Å². The molecule has 0 amide bonds. The minimum absolute atomic E-state index is 0. The van der Waals surface area contributed by atoms with Gasteiger partial charge in [0.2, 0.25) is 0 Å². The van der Waals surface area contributed by atoms with Crippen LogP contribution in [0.1, 0.15) is 202 Å². The molecule has 0 bridgehead atoms. The summed E-state index contributed by atoms with van der Waals surface area (Å²) in [7, 11) is -0.441. The van der Waals surface area contributed by atoms with Gasteiger partial charge in [0.25, 0.3) is 0 Å². The predicted molar refractivity (Wildman–Crippen MR) is 540 cm³/mol. The average Bonchev–Trinajstić information content (AvgIpc) is 1.55. The summed E-state index contributed by atoms with van der Waals surface area (Å²) in [6.07, 6.45) is 13.2. The minimum atomic E-state index is -2.50. The van der Waals surface area contributed by atoms with Crippen LogP contribution in [0.3, 0.4) is 0 Å². The van der Waals surface area contributed by atoms with Crippen LogP contribution in [0.25, 0.3) is 0 Å². The first-order valence-electron chi connectivity index (χ1n) is 48.1. The maximum atomic E-state index is 12.5. The van der Waals surface area contributed by atoms with Crippen molar-refractivity contribution in [3.05, 3.63) is 136 Å². The van der Waals surface area contributed by atoms with Crippen LogP contribution in [0.15, 0.2) is 46.6 Å². The second kappa shape index (κ2) is 60.3. The van der Waals surface area contributed by atoms with E-state index in [0.717, 1.165) is 193 Å². The number of β-amino-alcohol motifs (C(OH)–C–C–N with tert-alkyl or cyclic N) is 1. The van der Waals surface area contributed by atoms with Crippen molar-refractivity contribution in [3.63, 3.8) is 0 Å². The molecule has 12 rings (SSSR count). The number of hydrogen-bond donors (Lipinski definition) is 5. The molecule has 8 heterocycles.